The number of hydrogen-bond donors (Lipinski definition) is 3. The van der Waals surface area contributed by atoms with Gasteiger partial charge in [-0.15, -0.1) is 0 Å². The van der Waals surface area contributed by atoms with E-state index in [0.717, 1.165) is 32.1 Å². The molecule has 4 nitrogen and oxygen atoms in total. The fourth-order valence-corrected chi connectivity index (χ4v) is 7.05. The molecule has 0 radical (unpaired) electrons. The molecule has 4 heteroatoms. The molecule has 32 heavy (non-hydrogen) atoms. The first-order valence-electron chi connectivity index (χ1n) is 13.1. The highest BCUT2D eigenvalue weighted by atomic mass is 16.5. The Kier molecular flexibility index (Phi) is 6.75. The summed E-state index contributed by atoms with van der Waals surface area (Å²) >= 11 is 0. The molecule has 0 aliphatic heterocycles. The van der Waals surface area contributed by atoms with Crippen molar-refractivity contribution in [3.05, 3.63) is 23.3 Å². The van der Waals surface area contributed by atoms with E-state index in [0.29, 0.717) is 18.4 Å². The van der Waals surface area contributed by atoms with E-state index in [1.807, 2.05) is 13.8 Å². The molecule has 3 N–H and O–H groups in total. The molecule has 0 aromatic heterocycles. The molecule has 4 fully saturated rings. The third kappa shape index (κ3) is 4.50. The monoisotopic (exact) mass is 446 g/mol. The standard InChI is InChI=1S/C28H46O4/c1-18(26(3,4)31)17-32-19(2)22-10-11-23-21(7-6-12-27(22,23)5)9-8-20-15-24(29)28(13-14-28)25(30)16-20/h8-9,18-19,22-25,29-31H,6-7,10-17H2,1-5H3. The fraction of sp³-hybridized carbons (Fsp3) is 0.857. The van der Waals surface area contributed by atoms with Gasteiger partial charge in [0.2, 0.25) is 0 Å². The lowest BCUT2D eigenvalue weighted by Crippen LogP contribution is -2.40. The van der Waals surface area contributed by atoms with Crippen molar-refractivity contribution in [3.63, 3.8) is 0 Å². The van der Waals surface area contributed by atoms with E-state index in [9.17, 15) is 15.3 Å². The SMILES string of the molecule is CC(OCC(C)C(C)(C)O)C1CCC2C(=CC=C3CC(O)C4(CC4)C(O)C3)CCCC21C. The molecule has 0 amide bonds. The molecule has 7 unspecified atom stereocenters. The lowest BCUT2D eigenvalue weighted by molar-refractivity contribution is -0.0720. The van der Waals surface area contributed by atoms with Gasteiger partial charge in [0, 0.05) is 11.3 Å². The van der Waals surface area contributed by atoms with Gasteiger partial charge < -0.3 is 20.1 Å². The molecule has 1 spiro atoms. The minimum Gasteiger partial charge on any atom is -0.392 e. The molecule has 0 saturated heterocycles. The van der Waals surface area contributed by atoms with Crippen LogP contribution in [0, 0.1) is 28.6 Å². The van der Waals surface area contributed by atoms with Crippen molar-refractivity contribution in [2.75, 3.05) is 6.61 Å². The molecule has 4 saturated carbocycles. The summed E-state index contributed by atoms with van der Waals surface area (Å²) in [5.74, 6) is 1.26. The number of aliphatic hydroxyl groups is 3. The summed E-state index contributed by atoms with van der Waals surface area (Å²) in [6.07, 6.45) is 13.4. The van der Waals surface area contributed by atoms with Crippen molar-refractivity contribution in [2.45, 2.75) is 116 Å². The highest BCUT2D eigenvalue weighted by Gasteiger charge is 2.56. The molecule has 0 heterocycles. The topological polar surface area (TPSA) is 69.9 Å². The maximum absolute atomic E-state index is 10.6. The molecule has 0 aromatic carbocycles. The van der Waals surface area contributed by atoms with Gasteiger partial charge in [0.25, 0.3) is 0 Å². The minimum absolute atomic E-state index is 0.111. The third-order valence-electron chi connectivity index (χ3n) is 10.0. The van der Waals surface area contributed by atoms with Crippen LogP contribution in [-0.2, 0) is 4.74 Å². The van der Waals surface area contributed by atoms with Crippen molar-refractivity contribution in [1.29, 1.82) is 0 Å². The molecular weight excluding hydrogens is 400 g/mol. The molecule has 4 aliphatic carbocycles. The molecular formula is C28H46O4. The average molecular weight is 447 g/mol. The zero-order valence-corrected chi connectivity index (χ0v) is 20.9. The zero-order chi connectivity index (χ0) is 23.3. The molecule has 7 atom stereocenters. The molecule has 4 aliphatic rings. The van der Waals surface area contributed by atoms with E-state index >= 15 is 0 Å². The third-order valence-corrected chi connectivity index (χ3v) is 10.0. The van der Waals surface area contributed by atoms with Crippen molar-refractivity contribution in [2.24, 2.45) is 28.6 Å². The second-order valence-corrected chi connectivity index (χ2v) is 12.4. The summed E-state index contributed by atoms with van der Waals surface area (Å²) in [6.45, 7) is 11.1. The normalized spacial score (nSPS) is 39.8. The molecule has 0 aromatic rings. The smallest absolute Gasteiger partial charge is 0.0658 e. The maximum Gasteiger partial charge on any atom is 0.0658 e. The first-order valence-corrected chi connectivity index (χ1v) is 13.1. The van der Waals surface area contributed by atoms with Gasteiger partial charge in [-0.25, -0.2) is 0 Å². The number of hydrogen-bond acceptors (Lipinski definition) is 4. The van der Waals surface area contributed by atoms with Crippen LogP contribution in [0.2, 0.25) is 0 Å². The van der Waals surface area contributed by atoms with Crippen molar-refractivity contribution in [1.82, 2.24) is 0 Å². The van der Waals surface area contributed by atoms with Crippen LogP contribution in [0.4, 0.5) is 0 Å². The Morgan fingerprint density at radius 2 is 1.72 bits per heavy atom. The number of ether oxygens (including phenoxy) is 1. The van der Waals surface area contributed by atoms with E-state index in [2.05, 4.69) is 32.9 Å². The van der Waals surface area contributed by atoms with E-state index in [1.54, 1.807) is 5.57 Å². The van der Waals surface area contributed by atoms with Crippen LogP contribution < -0.4 is 0 Å². The first kappa shape index (κ1) is 24.4. The summed E-state index contributed by atoms with van der Waals surface area (Å²) in [5, 5.41) is 31.4. The Morgan fingerprint density at radius 3 is 2.31 bits per heavy atom. The number of fused-ring (bicyclic) bond motifs is 1. The van der Waals surface area contributed by atoms with Gasteiger partial charge in [-0.2, -0.15) is 0 Å². The minimum atomic E-state index is -0.713. The van der Waals surface area contributed by atoms with Gasteiger partial charge in [0.05, 0.1) is 30.5 Å². The second kappa shape index (κ2) is 8.83. The maximum atomic E-state index is 10.6. The first-order chi connectivity index (χ1) is 15.0. The highest BCUT2D eigenvalue weighted by molar-refractivity contribution is 5.28. The van der Waals surface area contributed by atoms with Gasteiger partial charge in [-0.1, -0.05) is 37.1 Å². The van der Waals surface area contributed by atoms with Crippen LogP contribution in [0.5, 0.6) is 0 Å². The van der Waals surface area contributed by atoms with E-state index < -0.39 is 5.60 Å². The summed E-state index contributed by atoms with van der Waals surface area (Å²) in [4.78, 5) is 0. The molecule has 0 bridgehead atoms. The predicted molar refractivity (Wildman–Crippen MR) is 128 cm³/mol. The molecule has 182 valence electrons. The van der Waals surface area contributed by atoms with Crippen molar-refractivity contribution >= 4 is 0 Å². The summed E-state index contributed by atoms with van der Waals surface area (Å²) in [7, 11) is 0. The van der Waals surface area contributed by atoms with Crippen LogP contribution in [0.1, 0.15) is 92.4 Å². The van der Waals surface area contributed by atoms with Crippen LogP contribution in [0.15, 0.2) is 23.3 Å². The summed E-state index contributed by atoms with van der Waals surface area (Å²) in [5.41, 5.74) is 2.13. The molecule has 4 rings (SSSR count). The van der Waals surface area contributed by atoms with Crippen LogP contribution in [0.25, 0.3) is 0 Å². The fourth-order valence-electron chi connectivity index (χ4n) is 7.05. The van der Waals surface area contributed by atoms with Gasteiger partial charge in [-0.3, -0.25) is 0 Å². The quantitative estimate of drug-likeness (QED) is 0.527. The Morgan fingerprint density at radius 1 is 1.06 bits per heavy atom. The van der Waals surface area contributed by atoms with Crippen molar-refractivity contribution in [3.8, 4) is 0 Å². The van der Waals surface area contributed by atoms with Crippen LogP contribution in [-0.4, -0.2) is 45.8 Å². The Hall–Kier alpha value is -0.680. The van der Waals surface area contributed by atoms with Gasteiger partial charge >= 0.3 is 0 Å². The van der Waals surface area contributed by atoms with Gasteiger partial charge in [0.1, 0.15) is 0 Å². The predicted octanol–water partition coefficient (Wildman–Crippen LogP) is 5.16. The number of allylic oxidation sites excluding steroid dienone is 3. The van der Waals surface area contributed by atoms with E-state index in [1.165, 1.54) is 31.3 Å². The lowest BCUT2D eigenvalue weighted by Gasteiger charge is -2.44. The Labute approximate surface area is 195 Å². The lowest BCUT2D eigenvalue weighted by atomic mass is 9.62. The zero-order valence-electron chi connectivity index (χ0n) is 20.9. The van der Waals surface area contributed by atoms with Gasteiger partial charge in [-0.05, 0) is 95.8 Å². The number of aliphatic hydroxyl groups excluding tert-OH is 2. The van der Waals surface area contributed by atoms with Crippen LogP contribution in [0.3, 0.4) is 0 Å². The largest absolute Gasteiger partial charge is 0.392 e. The average Bonchev–Trinajstić information content (AvgIpc) is 3.44. The highest BCUT2D eigenvalue weighted by Crippen LogP contribution is 2.59. The van der Waals surface area contributed by atoms with Gasteiger partial charge in [0.15, 0.2) is 0 Å². The number of rotatable bonds is 6. The summed E-state index contributed by atoms with van der Waals surface area (Å²) < 4.78 is 6.32. The Balaban J connectivity index is 1.42. The second-order valence-electron chi connectivity index (χ2n) is 12.4. The van der Waals surface area contributed by atoms with E-state index in [4.69, 9.17) is 4.74 Å². The van der Waals surface area contributed by atoms with Crippen molar-refractivity contribution < 1.29 is 20.1 Å². The van der Waals surface area contributed by atoms with E-state index in [-0.39, 0.29) is 35.1 Å². The van der Waals surface area contributed by atoms with Crippen LogP contribution >= 0.6 is 0 Å². The summed E-state index contributed by atoms with van der Waals surface area (Å²) in [6, 6.07) is 0. The Bertz CT molecular complexity index is 727.